The summed E-state index contributed by atoms with van der Waals surface area (Å²) in [6, 6.07) is 9.39. The Balaban J connectivity index is 2.47. The Kier molecular flexibility index (Phi) is 9.16. The predicted molar refractivity (Wildman–Crippen MR) is 132 cm³/mol. The summed E-state index contributed by atoms with van der Waals surface area (Å²) >= 11 is 1.65. The molecule has 2 aromatic carbocycles. The highest BCUT2D eigenvalue weighted by Crippen LogP contribution is 2.37. The van der Waals surface area contributed by atoms with E-state index in [1.807, 2.05) is 0 Å². The molecule has 1 N–H and O–H groups in total. The fraction of sp³-hybridized carbons (Fsp3) is 0.409. The first-order chi connectivity index (χ1) is 15.9. The number of anilines is 1. The van der Waals surface area contributed by atoms with Gasteiger partial charge >= 0.3 is 0 Å². The number of hydrogen-bond donors (Lipinski definition) is 1. The zero-order chi connectivity index (χ0) is 25.5. The second kappa shape index (κ2) is 11.4. The lowest BCUT2D eigenvalue weighted by molar-refractivity contribution is -0.387. The zero-order valence-electron chi connectivity index (χ0n) is 19.7. The van der Waals surface area contributed by atoms with E-state index in [2.05, 4.69) is 26.1 Å². The van der Waals surface area contributed by atoms with Crippen molar-refractivity contribution in [2.45, 2.75) is 30.4 Å². The quantitative estimate of drug-likeness (QED) is 0.276. The molecule has 0 unspecified atom stereocenters. The molecule has 0 fully saturated rings. The van der Waals surface area contributed by atoms with Gasteiger partial charge in [0.05, 0.1) is 24.8 Å². The molecular formula is C22H29N3O7S2. The lowest BCUT2D eigenvalue weighted by Gasteiger charge is -2.26. The van der Waals surface area contributed by atoms with Gasteiger partial charge in [0.1, 0.15) is 18.0 Å². The molecule has 0 saturated carbocycles. The maximum Gasteiger partial charge on any atom is 0.289 e. The summed E-state index contributed by atoms with van der Waals surface area (Å²) in [6.45, 7) is 5.89. The maximum absolute atomic E-state index is 13.6. The van der Waals surface area contributed by atoms with Gasteiger partial charge in [-0.15, -0.1) is 0 Å². The van der Waals surface area contributed by atoms with Crippen LogP contribution < -0.4 is 19.1 Å². The molecule has 2 aromatic rings. The highest BCUT2D eigenvalue weighted by atomic mass is 32.2. The average molecular weight is 512 g/mol. The Morgan fingerprint density at radius 1 is 1.15 bits per heavy atom. The van der Waals surface area contributed by atoms with Crippen molar-refractivity contribution in [3.63, 3.8) is 0 Å². The van der Waals surface area contributed by atoms with E-state index in [1.54, 1.807) is 11.8 Å². The van der Waals surface area contributed by atoms with E-state index in [9.17, 15) is 23.3 Å². The first kappa shape index (κ1) is 27.3. The number of sulfonamides is 1. The topological polar surface area (TPSA) is 128 Å². The van der Waals surface area contributed by atoms with E-state index in [0.29, 0.717) is 18.0 Å². The number of nitrogens with one attached hydrogen (secondary N) is 1. The number of ether oxygens (including phenoxy) is 2. The summed E-state index contributed by atoms with van der Waals surface area (Å²) in [5.74, 6) is 0.609. The van der Waals surface area contributed by atoms with Crippen LogP contribution in [0.25, 0.3) is 0 Å². The van der Waals surface area contributed by atoms with Crippen LogP contribution in [-0.2, 0) is 14.8 Å². The van der Waals surface area contributed by atoms with Crippen molar-refractivity contribution in [1.29, 1.82) is 0 Å². The number of methoxy groups -OCH3 is 2. The van der Waals surface area contributed by atoms with Crippen molar-refractivity contribution in [2.24, 2.45) is 0 Å². The van der Waals surface area contributed by atoms with Crippen LogP contribution in [0.5, 0.6) is 11.5 Å². The van der Waals surface area contributed by atoms with E-state index >= 15 is 0 Å². The minimum absolute atomic E-state index is 0.0167. The third-order valence-electron chi connectivity index (χ3n) is 4.53. The molecule has 0 heterocycles. The second-order valence-electron chi connectivity index (χ2n) is 8.09. The molecule has 0 aliphatic rings. The van der Waals surface area contributed by atoms with Crippen LogP contribution in [0.4, 0.5) is 11.4 Å². The standard InChI is InChI=1S/C22H29N3O7S2/c1-22(2,3)33-13-12-23-21(26)15-24(17-11-10-16(31-4)14-19(17)32-5)34(29,30)20-9-7-6-8-18(20)25(27)28/h6-11,14H,12-13,15H2,1-5H3,(H,23,26). The van der Waals surface area contributed by atoms with Crippen LogP contribution in [-0.4, -0.2) is 57.1 Å². The van der Waals surface area contributed by atoms with Crippen LogP contribution in [0.2, 0.25) is 0 Å². The summed E-state index contributed by atoms with van der Waals surface area (Å²) in [5.41, 5.74) is -0.553. The predicted octanol–water partition coefficient (Wildman–Crippen LogP) is 3.46. The van der Waals surface area contributed by atoms with Crippen LogP contribution in [0.1, 0.15) is 20.8 Å². The van der Waals surface area contributed by atoms with Gasteiger partial charge in [0.2, 0.25) is 5.91 Å². The van der Waals surface area contributed by atoms with Crippen molar-refractivity contribution in [1.82, 2.24) is 5.32 Å². The van der Waals surface area contributed by atoms with Crippen molar-refractivity contribution in [3.8, 4) is 11.5 Å². The molecular weight excluding hydrogens is 482 g/mol. The molecule has 12 heteroatoms. The largest absolute Gasteiger partial charge is 0.497 e. The number of rotatable bonds is 11. The number of nitro benzene ring substituents is 1. The second-order valence-corrected chi connectivity index (χ2v) is 11.8. The maximum atomic E-state index is 13.6. The normalized spacial score (nSPS) is 11.6. The SMILES string of the molecule is COc1ccc(N(CC(=O)NCCSC(C)(C)C)S(=O)(=O)c2ccccc2[N+](=O)[O-])c(OC)c1. The Morgan fingerprint density at radius 2 is 1.82 bits per heavy atom. The van der Waals surface area contributed by atoms with Gasteiger partial charge in [0.15, 0.2) is 4.90 Å². The monoisotopic (exact) mass is 511 g/mol. The van der Waals surface area contributed by atoms with Crippen LogP contribution >= 0.6 is 11.8 Å². The number of benzene rings is 2. The molecule has 0 saturated heterocycles. The highest BCUT2D eigenvalue weighted by molar-refractivity contribution is 8.00. The molecule has 2 rings (SSSR count). The fourth-order valence-electron chi connectivity index (χ4n) is 2.97. The number of hydrogen-bond acceptors (Lipinski definition) is 8. The van der Waals surface area contributed by atoms with E-state index in [4.69, 9.17) is 9.47 Å². The minimum Gasteiger partial charge on any atom is -0.497 e. The first-order valence-corrected chi connectivity index (χ1v) is 12.7. The van der Waals surface area contributed by atoms with Crippen LogP contribution in [0, 0.1) is 10.1 Å². The molecule has 0 spiro atoms. The van der Waals surface area contributed by atoms with E-state index < -0.39 is 38.0 Å². The molecule has 0 aromatic heterocycles. The summed E-state index contributed by atoms with van der Waals surface area (Å²) in [4.78, 5) is 22.9. The van der Waals surface area contributed by atoms with Gasteiger partial charge in [-0.3, -0.25) is 19.2 Å². The molecule has 0 aliphatic carbocycles. The Morgan fingerprint density at radius 3 is 2.41 bits per heavy atom. The first-order valence-electron chi connectivity index (χ1n) is 10.3. The highest BCUT2D eigenvalue weighted by Gasteiger charge is 2.34. The van der Waals surface area contributed by atoms with Gasteiger partial charge in [0, 0.05) is 29.2 Å². The van der Waals surface area contributed by atoms with Crippen LogP contribution in [0.15, 0.2) is 47.4 Å². The lowest BCUT2D eigenvalue weighted by atomic mass is 10.2. The number of carbonyl (C=O) groups is 1. The van der Waals surface area contributed by atoms with E-state index in [0.717, 1.165) is 16.4 Å². The average Bonchev–Trinajstić information content (AvgIpc) is 2.79. The molecule has 34 heavy (non-hydrogen) atoms. The molecule has 0 atom stereocenters. The summed E-state index contributed by atoms with van der Waals surface area (Å²) in [6.07, 6.45) is 0. The number of nitro groups is 1. The van der Waals surface area contributed by atoms with E-state index in [-0.39, 0.29) is 16.2 Å². The van der Waals surface area contributed by atoms with Crippen molar-refractivity contribution < 1.29 is 27.6 Å². The molecule has 186 valence electrons. The molecule has 0 aliphatic heterocycles. The molecule has 0 bridgehead atoms. The van der Waals surface area contributed by atoms with Gasteiger partial charge in [0.25, 0.3) is 15.7 Å². The van der Waals surface area contributed by atoms with Gasteiger partial charge in [-0.25, -0.2) is 8.42 Å². The third-order valence-corrected chi connectivity index (χ3v) is 7.61. The molecule has 1 amide bonds. The van der Waals surface area contributed by atoms with Gasteiger partial charge in [-0.05, 0) is 18.2 Å². The van der Waals surface area contributed by atoms with Gasteiger partial charge in [-0.2, -0.15) is 11.8 Å². The van der Waals surface area contributed by atoms with E-state index in [1.165, 1.54) is 44.6 Å². The molecule has 0 radical (unpaired) electrons. The van der Waals surface area contributed by atoms with Gasteiger partial charge < -0.3 is 14.8 Å². The van der Waals surface area contributed by atoms with Crippen molar-refractivity contribution in [3.05, 3.63) is 52.6 Å². The van der Waals surface area contributed by atoms with Crippen molar-refractivity contribution >= 4 is 39.1 Å². The number of carbonyl (C=O) groups excluding carboxylic acids is 1. The summed E-state index contributed by atoms with van der Waals surface area (Å²) in [7, 11) is -1.74. The zero-order valence-corrected chi connectivity index (χ0v) is 21.4. The van der Waals surface area contributed by atoms with Crippen LogP contribution in [0.3, 0.4) is 0 Å². The van der Waals surface area contributed by atoms with Gasteiger partial charge in [-0.1, -0.05) is 32.9 Å². The smallest absolute Gasteiger partial charge is 0.289 e. The number of amides is 1. The summed E-state index contributed by atoms with van der Waals surface area (Å²) in [5, 5.41) is 14.2. The fourth-order valence-corrected chi connectivity index (χ4v) is 5.38. The molecule has 10 nitrogen and oxygen atoms in total. The third kappa shape index (κ3) is 7.00. The van der Waals surface area contributed by atoms with Crippen molar-refractivity contribution in [2.75, 3.05) is 37.4 Å². The Hall–Kier alpha value is -2.99. The number of para-hydroxylation sites is 1. The Labute approximate surface area is 203 Å². The minimum atomic E-state index is -4.53. The lowest BCUT2D eigenvalue weighted by Crippen LogP contribution is -2.42. The number of nitrogens with zero attached hydrogens (tertiary/aromatic N) is 2. The Bertz CT molecular complexity index is 1130. The summed E-state index contributed by atoms with van der Waals surface area (Å²) < 4.78 is 38.6. The number of thioether (sulfide) groups is 1.